The summed E-state index contributed by atoms with van der Waals surface area (Å²) >= 11 is 1.39. The summed E-state index contributed by atoms with van der Waals surface area (Å²) in [6.07, 6.45) is 5.28. The minimum atomic E-state index is -0.713. The maximum Gasteiger partial charge on any atom is 0.242 e. The number of amides is 2. The van der Waals surface area contributed by atoms with Gasteiger partial charge in [0.25, 0.3) is 0 Å². The lowest BCUT2D eigenvalue weighted by atomic mass is 9.95. The second-order valence-corrected chi connectivity index (χ2v) is 9.24. The molecule has 4 nitrogen and oxygen atoms in total. The molecule has 2 aromatic carbocycles. The van der Waals surface area contributed by atoms with Crippen LogP contribution in [0, 0.1) is 11.6 Å². The van der Waals surface area contributed by atoms with Gasteiger partial charge in [0.2, 0.25) is 11.8 Å². The van der Waals surface area contributed by atoms with Crippen molar-refractivity contribution in [3.63, 3.8) is 0 Å². The van der Waals surface area contributed by atoms with Gasteiger partial charge in [-0.2, -0.15) is 0 Å². The fraction of sp³-hybridized carbons (Fsp3) is 0.440. The SMILES string of the molecule is CC(C(=O)NC1CCCCC1)N(Cc1ccccc1F)C(=O)CSCc1ccc(F)cc1. The first-order chi connectivity index (χ1) is 15.4. The zero-order valence-corrected chi connectivity index (χ0v) is 19.2. The van der Waals surface area contributed by atoms with Crippen molar-refractivity contribution in [3.8, 4) is 0 Å². The highest BCUT2D eigenvalue weighted by Gasteiger charge is 2.28. The van der Waals surface area contributed by atoms with Crippen LogP contribution >= 0.6 is 11.8 Å². The molecular weight excluding hydrogens is 430 g/mol. The van der Waals surface area contributed by atoms with Crippen LogP contribution in [-0.4, -0.2) is 34.6 Å². The molecule has 1 aliphatic carbocycles. The first kappa shape index (κ1) is 24.2. The van der Waals surface area contributed by atoms with Gasteiger partial charge in [0.15, 0.2) is 0 Å². The van der Waals surface area contributed by atoms with E-state index in [1.54, 1.807) is 37.3 Å². The van der Waals surface area contributed by atoms with Gasteiger partial charge < -0.3 is 10.2 Å². The second kappa shape index (κ2) is 12.0. The Morgan fingerprint density at radius 3 is 2.44 bits per heavy atom. The predicted molar refractivity (Wildman–Crippen MR) is 124 cm³/mol. The standard InChI is InChI=1S/C25H30F2N2O2S/c1-18(25(31)28-22-8-3-2-4-9-22)29(15-20-7-5-6-10-23(20)27)24(30)17-32-16-19-11-13-21(26)14-12-19/h5-7,10-14,18,22H,2-4,8-9,15-17H2,1H3,(H,28,31). The summed E-state index contributed by atoms with van der Waals surface area (Å²) in [7, 11) is 0. The van der Waals surface area contributed by atoms with Crippen LogP contribution in [0.1, 0.15) is 50.2 Å². The molecule has 0 heterocycles. The van der Waals surface area contributed by atoms with E-state index in [4.69, 9.17) is 0 Å². The van der Waals surface area contributed by atoms with Gasteiger partial charge >= 0.3 is 0 Å². The number of nitrogens with one attached hydrogen (secondary N) is 1. The molecule has 0 aromatic heterocycles. The molecule has 7 heteroatoms. The highest BCUT2D eigenvalue weighted by molar-refractivity contribution is 7.99. The number of rotatable bonds is 9. The summed E-state index contributed by atoms with van der Waals surface area (Å²) in [5, 5.41) is 3.07. The van der Waals surface area contributed by atoms with Gasteiger partial charge in [0.1, 0.15) is 17.7 Å². The summed E-state index contributed by atoms with van der Waals surface area (Å²) in [5.74, 6) is -0.445. The quantitative estimate of drug-likeness (QED) is 0.569. The van der Waals surface area contributed by atoms with Crippen LogP contribution in [0.2, 0.25) is 0 Å². The van der Waals surface area contributed by atoms with Gasteiger partial charge in [0.05, 0.1) is 5.75 Å². The highest BCUT2D eigenvalue weighted by Crippen LogP contribution is 2.20. The number of hydrogen-bond donors (Lipinski definition) is 1. The van der Waals surface area contributed by atoms with Gasteiger partial charge in [-0.15, -0.1) is 11.8 Å². The molecule has 2 aromatic rings. The molecular formula is C25H30F2N2O2S. The molecule has 0 aliphatic heterocycles. The van der Waals surface area contributed by atoms with Crippen molar-refractivity contribution in [2.75, 3.05) is 5.75 Å². The van der Waals surface area contributed by atoms with Crippen molar-refractivity contribution in [1.29, 1.82) is 0 Å². The predicted octanol–water partition coefficient (Wildman–Crippen LogP) is 5.06. The van der Waals surface area contributed by atoms with E-state index in [0.717, 1.165) is 31.2 Å². The Bertz CT molecular complexity index is 901. The average molecular weight is 461 g/mol. The van der Waals surface area contributed by atoms with Gasteiger partial charge in [-0.05, 0) is 43.5 Å². The van der Waals surface area contributed by atoms with Crippen molar-refractivity contribution in [2.45, 2.75) is 63.4 Å². The monoisotopic (exact) mass is 460 g/mol. The maximum absolute atomic E-state index is 14.3. The molecule has 0 radical (unpaired) electrons. The zero-order chi connectivity index (χ0) is 22.9. The van der Waals surface area contributed by atoms with Crippen LogP contribution in [0.5, 0.6) is 0 Å². The van der Waals surface area contributed by atoms with E-state index in [1.165, 1.54) is 41.3 Å². The molecule has 0 bridgehead atoms. The highest BCUT2D eigenvalue weighted by atomic mass is 32.2. The maximum atomic E-state index is 14.3. The fourth-order valence-electron chi connectivity index (χ4n) is 3.88. The molecule has 172 valence electrons. The molecule has 32 heavy (non-hydrogen) atoms. The Hall–Kier alpha value is -2.41. The Kier molecular flexibility index (Phi) is 9.09. The smallest absolute Gasteiger partial charge is 0.242 e. The van der Waals surface area contributed by atoms with Crippen LogP contribution in [-0.2, 0) is 21.9 Å². The lowest BCUT2D eigenvalue weighted by Crippen LogP contribution is -2.51. The lowest BCUT2D eigenvalue weighted by Gasteiger charge is -2.31. The van der Waals surface area contributed by atoms with Gasteiger partial charge in [-0.1, -0.05) is 49.6 Å². The Labute approximate surface area is 192 Å². The van der Waals surface area contributed by atoms with Gasteiger partial charge in [-0.25, -0.2) is 8.78 Å². The van der Waals surface area contributed by atoms with Crippen LogP contribution < -0.4 is 5.32 Å². The van der Waals surface area contributed by atoms with Crippen molar-refractivity contribution in [2.24, 2.45) is 0 Å². The Morgan fingerprint density at radius 1 is 1.06 bits per heavy atom. The number of carbonyl (C=O) groups is 2. The van der Waals surface area contributed by atoms with Crippen molar-refractivity contribution in [3.05, 3.63) is 71.3 Å². The van der Waals surface area contributed by atoms with Crippen LogP contribution in [0.25, 0.3) is 0 Å². The Morgan fingerprint density at radius 2 is 1.75 bits per heavy atom. The molecule has 2 amide bonds. The summed E-state index contributed by atoms with van der Waals surface area (Å²) in [5.41, 5.74) is 1.29. The van der Waals surface area contributed by atoms with E-state index in [-0.39, 0.29) is 36.0 Å². The third kappa shape index (κ3) is 7.05. The number of halogens is 2. The molecule has 1 saturated carbocycles. The molecule has 1 fully saturated rings. The molecule has 3 rings (SSSR count). The minimum absolute atomic E-state index is 0.0296. The van der Waals surface area contributed by atoms with E-state index in [9.17, 15) is 18.4 Å². The largest absolute Gasteiger partial charge is 0.352 e. The number of carbonyl (C=O) groups excluding carboxylic acids is 2. The molecule has 0 spiro atoms. The number of hydrogen-bond acceptors (Lipinski definition) is 3. The molecule has 1 aliphatic rings. The third-order valence-corrected chi connectivity index (χ3v) is 6.81. The average Bonchev–Trinajstić information content (AvgIpc) is 2.80. The molecule has 1 N–H and O–H groups in total. The van der Waals surface area contributed by atoms with E-state index < -0.39 is 11.9 Å². The number of nitrogens with zero attached hydrogens (tertiary/aromatic N) is 1. The van der Waals surface area contributed by atoms with E-state index in [1.807, 2.05) is 0 Å². The Balaban J connectivity index is 1.65. The molecule has 1 atom stereocenters. The molecule has 0 saturated heterocycles. The second-order valence-electron chi connectivity index (χ2n) is 8.25. The van der Waals surface area contributed by atoms with Gasteiger partial charge in [-0.3, -0.25) is 9.59 Å². The van der Waals surface area contributed by atoms with Crippen molar-refractivity contribution >= 4 is 23.6 Å². The van der Waals surface area contributed by atoms with E-state index in [2.05, 4.69) is 5.32 Å². The van der Waals surface area contributed by atoms with Crippen LogP contribution in [0.15, 0.2) is 48.5 Å². The van der Waals surface area contributed by atoms with Crippen molar-refractivity contribution < 1.29 is 18.4 Å². The zero-order valence-electron chi connectivity index (χ0n) is 18.4. The van der Waals surface area contributed by atoms with Crippen LogP contribution in [0.4, 0.5) is 8.78 Å². The first-order valence-electron chi connectivity index (χ1n) is 11.1. The fourth-order valence-corrected chi connectivity index (χ4v) is 4.75. The van der Waals surface area contributed by atoms with E-state index >= 15 is 0 Å². The summed E-state index contributed by atoms with van der Waals surface area (Å²) < 4.78 is 27.4. The topological polar surface area (TPSA) is 49.4 Å². The lowest BCUT2D eigenvalue weighted by molar-refractivity contribution is -0.139. The normalized spacial score (nSPS) is 15.2. The molecule has 1 unspecified atom stereocenters. The van der Waals surface area contributed by atoms with Crippen LogP contribution in [0.3, 0.4) is 0 Å². The van der Waals surface area contributed by atoms with E-state index in [0.29, 0.717) is 11.3 Å². The summed E-state index contributed by atoms with van der Waals surface area (Å²) in [4.78, 5) is 27.5. The summed E-state index contributed by atoms with van der Waals surface area (Å²) in [6.45, 7) is 1.73. The number of benzene rings is 2. The summed E-state index contributed by atoms with van der Waals surface area (Å²) in [6, 6.07) is 11.9. The third-order valence-electron chi connectivity index (χ3n) is 5.82. The minimum Gasteiger partial charge on any atom is -0.352 e. The first-order valence-corrected chi connectivity index (χ1v) is 12.2. The van der Waals surface area contributed by atoms with Crippen molar-refractivity contribution in [1.82, 2.24) is 10.2 Å². The number of thioether (sulfide) groups is 1. The van der Waals surface area contributed by atoms with Gasteiger partial charge in [0, 0.05) is 23.9 Å².